The minimum absolute atomic E-state index is 0.0386. The second kappa shape index (κ2) is 7.13. The smallest absolute Gasteiger partial charge is 0.183 e. The lowest BCUT2D eigenvalue weighted by Gasteiger charge is -2.37. The summed E-state index contributed by atoms with van der Waals surface area (Å²) in [5.41, 5.74) is 0.0823. The van der Waals surface area contributed by atoms with Crippen molar-refractivity contribution in [2.45, 2.75) is 26.1 Å². The molecule has 1 aliphatic heterocycles. The van der Waals surface area contributed by atoms with Crippen LogP contribution in [-0.2, 0) is 4.74 Å². The van der Waals surface area contributed by atoms with E-state index in [1.807, 2.05) is 13.8 Å². The summed E-state index contributed by atoms with van der Waals surface area (Å²) in [6.07, 6.45) is 2.92. The van der Waals surface area contributed by atoms with Crippen LogP contribution in [0.25, 0.3) is 11.3 Å². The predicted octanol–water partition coefficient (Wildman–Crippen LogP) is 3.61. The molecule has 1 saturated heterocycles. The average molecular weight is 412 g/mol. The molecule has 1 aromatic heterocycles. The average Bonchev–Trinajstić information content (AvgIpc) is 2.57. The molecule has 8 heteroatoms. The van der Waals surface area contributed by atoms with E-state index in [9.17, 15) is 13.6 Å². The first-order chi connectivity index (χ1) is 11.9. The minimum Gasteiger partial charge on any atom is -0.372 e. The highest BCUT2D eigenvalue weighted by Gasteiger charge is 2.29. The van der Waals surface area contributed by atoms with Crippen LogP contribution in [0, 0.1) is 11.6 Å². The standard InChI is InChI=1S/C17H16BrF2N3O2/c1-9-6-23(7-10(2)25-9)17-11(8-24)3-12(15(19)16(17)20)13-4-22-14(18)5-21-13/h3-5,8-10H,6-7H2,1-2H3. The van der Waals surface area contributed by atoms with Crippen molar-refractivity contribution < 1.29 is 18.3 Å². The molecule has 0 spiro atoms. The van der Waals surface area contributed by atoms with Crippen LogP contribution in [-0.4, -0.2) is 41.6 Å². The molecule has 1 aliphatic rings. The Morgan fingerprint density at radius 3 is 2.44 bits per heavy atom. The Bertz CT molecular complexity index is 791. The van der Waals surface area contributed by atoms with Gasteiger partial charge in [0.1, 0.15) is 4.60 Å². The fraction of sp³-hybridized carbons (Fsp3) is 0.353. The van der Waals surface area contributed by atoms with E-state index in [-0.39, 0.29) is 34.7 Å². The lowest BCUT2D eigenvalue weighted by molar-refractivity contribution is -0.00546. The van der Waals surface area contributed by atoms with Gasteiger partial charge >= 0.3 is 0 Å². The molecule has 0 saturated carbocycles. The zero-order valence-electron chi connectivity index (χ0n) is 13.7. The summed E-state index contributed by atoms with van der Waals surface area (Å²) < 4.78 is 35.6. The number of hydrogen-bond donors (Lipinski definition) is 0. The maximum Gasteiger partial charge on any atom is 0.183 e. The second-order valence-electron chi connectivity index (χ2n) is 5.99. The Morgan fingerprint density at radius 1 is 1.20 bits per heavy atom. The first-order valence-electron chi connectivity index (χ1n) is 7.76. The summed E-state index contributed by atoms with van der Waals surface area (Å²) in [5, 5.41) is 0. The van der Waals surface area contributed by atoms with Crippen LogP contribution in [0.15, 0.2) is 23.1 Å². The Morgan fingerprint density at radius 2 is 1.88 bits per heavy atom. The molecule has 132 valence electrons. The molecule has 1 aromatic carbocycles. The van der Waals surface area contributed by atoms with Gasteiger partial charge in [-0.15, -0.1) is 0 Å². The van der Waals surface area contributed by atoms with Crippen LogP contribution in [0.5, 0.6) is 0 Å². The van der Waals surface area contributed by atoms with Crippen LogP contribution in [0.1, 0.15) is 24.2 Å². The van der Waals surface area contributed by atoms with E-state index in [0.29, 0.717) is 24.0 Å². The number of aldehydes is 1. The molecule has 2 unspecified atom stereocenters. The summed E-state index contributed by atoms with van der Waals surface area (Å²) in [6.45, 7) is 4.45. The molecular weight excluding hydrogens is 396 g/mol. The van der Waals surface area contributed by atoms with E-state index in [0.717, 1.165) is 0 Å². The molecule has 3 rings (SSSR count). The summed E-state index contributed by atoms with van der Waals surface area (Å²) in [7, 11) is 0. The molecule has 2 aromatic rings. The van der Waals surface area contributed by atoms with Gasteiger partial charge in [0, 0.05) is 24.2 Å². The van der Waals surface area contributed by atoms with Gasteiger partial charge in [-0.2, -0.15) is 0 Å². The van der Waals surface area contributed by atoms with Gasteiger partial charge in [0.2, 0.25) is 0 Å². The van der Waals surface area contributed by atoms with Crippen molar-refractivity contribution in [2.75, 3.05) is 18.0 Å². The van der Waals surface area contributed by atoms with E-state index in [1.165, 1.54) is 18.5 Å². The Kier molecular flexibility index (Phi) is 5.10. The number of ether oxygens (including phenoxy) is 1. The number of carbonyl (C=O) groups is 1. The molecule has 0 aliphatic carbocycles. The third-order valence-corrected chi connectivity index (χ3v) is 4.38. The molecule has 0 bridgehead atoms. The van der Waals surface area contributed by atoms with Gasteiger partial charge in [-0.1, -0.05) is 0 Å². The normalized spacial score (nSPS) is 20.6. The quantitative estimate of drug-likeness (QED) is 0.722. The number of anilines is 1. The van der Waals surface area contributed by atoms with Crippen molar-refractivity contribution in [1.82, 2.24) is 9.97 Å². The number of carbonyl (C=O) groups excluding carboxylic acids is 1. The molecule has 2 atom stereocenters. The lowest BCUT2D eigenvalue weighted by Crippen LogP contribution is -2.46. The SMILES string of the molecule is CC1CN(c2c(C=O)cc(-c3cnc(Br)cn3)c(F)c2F)CC(C)O1. The third kappa shape index (κ3) is 3.55. The molecule has 0 N–H and O–H groups in total. The summed E-state index contributed by atoms with van der Waals surface area (Å²) in [5.74, 6) is -2.12. The minimum atomic E-state index is -1.06. The number of morpholine rings is 1. The zero-order valence-corrected chi connectivity index (χ0v) is 15.3. The van der Waals surface area contributed by atoms with Crippen molar-refractivity contribution >= 4 is 27.9 Å². The number of benzene rings is 1. The van der Waals surface area contributed by atoms with E-state index in [1.54, 1.807) is 4.90 Å². The molecule has 1 fully saturated rings. The maximum absolute atomic E-state index is 14.8. The van der Waals surface area contributed by atoms with E-state index in [2.05, 4.69) is 25.9 Å². The molecule has 25 heavy (non-hydrogen) atoms. The highest BCUT2D eigenvalue weighted by molar-refractivity contribution is 9.10. The topological polar surface area (TPSA) is 55.3 Å². The maximum atomic E-state index is 14.8. The molecule has 0 amide bonds. The van der Waals surface area contributed by atoms with E-state index in [4.69, 9.17) is 4.74 Å². The van der Waals surface area contributed by atoms with Crippen LogP contribution < -0.4 is 4.90 Å². The van der Waals surface area contributed by atoms with Gasteiger partial charge < -0.3 is 9.64 Å². The number of hydrogen-bond acceptors (Lipinski definition) is 5. The van der Waals surface area contributed by atoms with Crippen LogP contribution in [0.4, 0.5) is 14.5 Å². The summed E-state index contributed by atoms with van der Waals surface area (Å²) >= 11 is 3.14. The largest absolute Gasteiger partial charge is 0.372 e. The number of rotatable bonds is 3. The monoisotopic (exact) mass is 411 g/mol. The second-order valence-corrected chi connectivity index (χ2v) is 6.81. The number of halogens is 3. The van der Waals surface area contributed by atoms with Gasteiger partial charge in [-0.3, -0.25) is 9.78 Å². The van der Waals surface area contributed by atoms with E-state index < -0.39 is 11.6 Å². The van der Waals surface area contributed by atoms with Gasteiger partial charge in [0.05, 0.1) is 36.0 Å². The highest BCUT2D eigenvalue weighted by atomic mass is 79.9. The van der Waals surface area contributed by atoms with Crippen molar-refractivity contribution in [2.24, 2.45) is 0 Å². The molecule has 5 nitrogen and oxygen atoms in total. The van der Waals surface area contributed by atoms with Crippen molar-refractivity contribution in [1.29, 1.82) is 0 Å². The zero-order chi connectivity index (χ0) is 18.1. The molecule has 0 radical (unpaired) electrons. The first-order valence-corrected chi connectivity index (χ1v) is 8.55. The molecule has 2 heterocycles. The van der Waals surface area contributed by atoms with Crippen LogP contribution >= 0.6 is 15.9 Å². The highest BCUT2D eigenvalue weighted by Crippen LogP contribution is 2.34. The predicted molar refractivity (Wildman–Crippen MR) is 92.7 cm³/mol. The number of nitrogens with zero attached hydrogens (tertiary/aromatic N) is 3. The Labute approximate surface area is 152 Å². The molecular formula is C17H16BrF2N3O2. The first kappa shape index (κ1) is 17.9. The Hall–Kier alpha value is -1.93. The lowest BCUT2D eigenvalue weighted by atomic mass is 10.0. The van der Waals surface area contributed by atoms with Crippen LogP contribution in [0.3, 0.4) is 0 Å². The summed E-state index contributed by atoms with van der Waals surface area (Å²) in [6, 6.07) is 1.31. The van der Waals surface area contributed by atoms with E-state index >= 15 is 0 Å². The summed E-state index contributed by atoms with van der Waals surface area (Å²) in [4.78, 5) is 21.2. The van der Waals surface area contributed by atoms with Crippen LogP contribution in [0.2, 0.25) is 0 Å². The van der Waals surface area contributed by atoms with Crippen molar-refractivity contribution in [3.8, 4) is 11.3 Å². The number of aromatic nitrogens is 2. The Balaban J connectivity index is 2.10. The van der Waals surface area contributed by atoms with Gasteiger partial charge in [0.25, 0.3) is 0 Å². The fourth-order valence-corrected chi connectivity index (χ4v) is 3.25. The van der Waals surface area contributed by atoms with Gasteiger partial charge in [-0.25, -0.2) is 13.8 Å². The van der Waals surface area contributed by atoms with Gasteiger partial charge in [0.15, 0.2) is 17.9 Å². The third-order valence-electron chi connectivity index (χ3n) is 3.97. The fourth-order valence-electron chi connectivity index (χ4n) is 3.05. The van der Waals surface area contributed by atoms with Crippen molar-refractivity contribution in [3.05, 3.63) is 40.3 Å². The van der Waals surface area contributed by atoms with Crippen molar-refractivity contribution in [3.63, 3.8) is 0 Å². The van der Waals surface area contributed by atoms with Gasteiger partial charge in [-0.05, 0) is 35.8 Å².